The van der Waals surface area contributed by atoms with Gasteiger partial charge in [0.15, 0.2) is 0 Å². The van der Waals surface area contributed by atoms with Gasteiger partial charge < -0.3 is 10.1 Å². The number of nitrogens with one attached hydrogen (secondary N) is 1. The van der Waals surface area contributed by atoms with Gasteiger partial charge in [0.1, 0.15) is 5.75 Å². The first-order chi connectivity index (χ1) is 9.05. The lowest BCUT2D eigenvalue weighted by Gasteiger charge is -2.26. The van der Waals surface area contributed by atoms with Gasteiger partial charge in [-0.3, -0.25) is 0 Å². The Labute approximate surface area is 122 Å². The highest BCUT2D eigenvalue weighted by molar-refractivity contribution is 9.10. The predicted octanol–water partition coefficient (Wildman–Crippen LogP) is 1.44. The normalized spacial score (nSPS) is 17.4. The van der Waals surface area contributed by atoms with Gasteiger partial charge in [-0.05, 0) is 41.1 Å². The molecule has 0 atom stereocenters. The molecule has 1 aliphatic rings. The highest BCUT2D eigenvalue weighted by atomic mass is 79.9. The number of hydrogen-bond acceptors (Lipinski definition) is 4. The second-order valence-corrected chi connectivity index (χ2v) is 6.97. The van der Waals surface area contributed by atoms with Gasteiger partial charge in [0.25, 0.3) is 0 Å². The molecule has 0 saturated carbocycles. The topological polar surface area (TPSA) is 58.6 Å². The predicted molar refractivity (Wildman–Crippen MR) is 76.9 cm³/mol. The van der Waals surface area contributed by atoms with Crippen molar-refractivity contribution in [3.63, 3.8) is 0 Å². The summed E-state index contributed by atoms with van der Waals surface area (Å²) >= 11 is 3.34. The van der Waals surface area contributed by atoms with Crippen LogP contribution in [0.1, 0.15) is 6.92 Å². The van der Waals surface area contributed by atoms with Crippen LogP contribution in [0.5, 0.6) is 5.75 Å². The van der Waals surface area contributed by atoms with Crippen LogP contribution in [-0.4, -0.2) is 45.5 Å². The minimum atomic E-state index is -3.41. The van der Waals surface area contributed by atoms with Gasteiger partial charge in [-0.15, -0.1) is 0 Å². The summed E-state index contributed by atoms with van der Waals surface area (Å²) in [4.78, 5) is 0.296. The lowest BCUT2D eigenvalue weighted by atomic mass is 10.3. The van der Waals surface area contributed by atoms with Crippen LogP contribution < -0.4 is 10.1 Å². The van der Waals surface area contributed by atoms with Crippen LogP contribution in [0.3, 0.4) is 0 Å². The standard InChI is InChI=1S/C12H17BrN2O3S/c1-2-18-12-4-3-10(9-11(12)13)19(16,17)15-7-5-14-6-8-15/h3-4,9,14H,2,5-8H2,1H3. The van der Waals surface area contributed by atoms with E-state index >= 15 is 0 Å². The van der Waals surface area contributed by atoms with Gasteiger partial charge in [-0.25, -0.2) is 8.42 Å². The number of rotatable bonds is 4. The third kappa shape index (κ3) is 3.28. The third-order valence-electron chi connectivity index (χ3n) is 2.92. The lowest BCUT2D eigenvalue weighted by molar-refractivity contribution is 0.337. The van der Waals surface area contributed by atoms with Crippen molar-refractivity contribution in [2.75, 3.05) is 32.8 Å². The molecule has 19 heavy (non-hydrogen) atoms. The van der Waals surface area contributed by atoms with E-state index in [0.717, 1.165) is 0 Å². The van der Waals surface area contributed by atoms with Crippen molar-refractivity contribution >= 4 is 26.0 Å². The molecular formula is C12H17BrN2O3S. The second-order valence-electron chi connectivity index (χ2n) is 4.18. The molecule has 0 aromatic heterocycles. The smallest absolute Gasteiger partial charge is 0.243 e. The average molecular weight is 349 g/mol. The zero-order valence-electron chi connectivity index (χ0n) is 10.7. The summed E-state index contributed by atoms with van der Waals surface area (Å²) in [5.74, 6) is 0.654. The highest BCUT2D eigenvalue weighted by Crippen LogP contribution is 2.29. The molecule has 2 rings (SSSR count). The van der Waals surface area contributed by atoms with Crippen molar-refractivity contribution in [1.82, 2.24) is 9.62 Å². The molecule has 0 aliphatic carbocycles. The first-order valence-corrected chi connectivity index (χ1v) is 8.42. The lowest BCUT2D eigenvalue weighted by Crippen LogP contribution is -2.46. The van der Waals surface area contributed by atoms with Crippen molar-refractivity contribution in [1.29, 1.82) is 0 Å². The molecule has 1 aromatic carbocycles. The van der Waals surface area contributed by atoms with E-state index in [-0.39, 0.29) is 0 Å². The number of sulfonamides is 1. The number of piperazine rings is 1. The van der Waals surface area contributed by atoms with E-state index in [1.165, 1.54) is 4.31 Å². The molecule has 1 heterocycles. The summed E-state index contributed by atoms with van der Waals surface area (Å²) in [5.41, 5.74) is 0. The Morgan fingerprint density at radius 3 is 2.63 bits per heavy atom. The van der Waals surface area contributed by atoms with E-state index in [1.807, 2.05) is 6.92 Å². The molecule has 0 unspecified atom stereocenters. The van der Waals surface area contributed by atoms with Gasteiger partial charge in [0.2, 0.25) is 10.0 Å². The molecule has 1 fully saturated rings. The molecule has 1 aromatic rings. The monoisotopic (exact) mass is 348 g/mol. The Balaban J connectivity index is 2.27. The minimum Gasteiger partial charge on any atom is -0.493 e. The van der Waals surface area contributed by atoms with Gasteiger partial charge in [0.05, 0.1) is 16.0 Å². The molecule has 106 valence electrons. The van der Waals surface area contributed by atoms with Gasteiger partial charge >= 0.3 is 0 Å². The van der Waals surface area contributed by atoms with Crippen LogP contribution in [0, 0.1) is 0 Å². The van der Waals surface area contributed by atoms with Crippen LogP contribution in [-0.2, 0) is 10.0 Å². The van der Waals surface area contributed by atoms with Crippen LogP contribution in [0.25, 0.3) is 0 Å². The van der Waals surface area contributed by atoms with E-state index in [9.17, 15) is 8.42 Å². The number of nitrogens with zero attached hydrogens (tertiary/aromatic N) is 1. The molecular weight excluding hydrogens is 332 g/mol. The summed E-state index contributed by atoms with van der Waals surface area (Å²) in [7, 11) is -3.41. The number of ether oxygens (including phenoxy) is 1. The molecule has 0 radical (unpaired) electrons. The van der Waals surface area contributed by atoms with E-state index in [1.54, 1.807) is 18.2 Å². The van der Waals surface area contributed by atoms with Crippen molar-refractivity contribution in [3.05, 3.63) is 22.7 Å². The highest BCUT2D eigenvalue weighted by Gasteiger charge is 2.26. The van der Waals surface area contributed by atoms with Crippen LogP contribution in [0.4, 0.5) is 0 Å². The van der Waals surface area contributed by atoms with Crippen molar-refractivity contribution in [3.8, 4) is 5.75 Å². The van der Waals surface area contributed by atoms with Crippen molar-refractivity contribution < 1.29 is 13.2 Å². The Bertz CT molecular complexity index is 542. The van der Waals surface area contributed by atoms with E-state index < -0.39 is 10.0 Å². The number of halogens is 1. The van der Waals surface area contributed by atoms with Crippen molar-refractivity contribution in [2.45, 2.75) is 11.8 Å². The van der Waals surface area contributed by atoms with Crippen LogP contribution in [0.15, 0.2) is 27.6 Å². The Morgan fingerprint density at radius 2 is 2.05 bits per heavy atom. The second kappa shape index (κ2) is 6.21. The fourth-order valence-corrected chi connectivity index (χ4v) is 4.06. The van der Waals surface area contributed by atoms with Gasteiger partial charge in [0, 0.05) is 26.2 Å². The molecule has 5 nitrogen and oxygen atoms in total. The van der Waals surface area contributed by atoms with E-state index in [2.05, 4.69) is 21.2 Å². The quantitative estimate of drug-likeness (QED) is 0.894. The number of hydrogen-bond donors (Lipinski definition) is 1. The summed E-state index contributed by atoms with van der Waals surface area (Å²) in [6.07, 6.45) is 0. The SMILES string of the molecule is CCOc1ccc(S(=O)(=O)N2CCNCC2)cc1Br. The van der Waals surface area contributed by atoms with Gasteiger partial charge in [-0.1, -0.05) is 0 Å². The molecule has 1 aliphatic heterocycles. The molecule has 1 saturated heterocycles. The third-order valence-corrected chi connectivity index (χ3v) is 5.43. The van der Waals surface area contributed by atoms with Crippen molar-refractivity contribution in [2.24, 2.45) is 0 Å². The summed E-state index contributed by atoms with van der Waals surface area (Å²) in [6, 6.07) is 4.87. The Hall–Kier alpha value is -0.630. The van der Waals surface area contributed by atoms with Gasteiger partial charge in [-0.2, -0.15) is 4.31 Å². The Kier molecular flexibility index (Phi) is 4.83. The maximum atomic E-state index is 12.4. The fraction of sp³-hybridized carbons (Fsp3) is 0.500. The maximum absolute atomic E-state index is 12.4. The maximum Gasteiger partial charge on any atom is 0.243 e. The van der Waals surface area contributed by atoms with Crippen LogP contribution in [0.2, 0.25) is 0 Å². The first kappa shape index (κ1) is 14.8. The first-order valence-electron chi connectivity index (χ1n) is 6.19. The average Bonchev–Trinajstić information content (AvgIpc) is 2.42. The minimum absolute atomic E-state index is 0.296. The molecule has 7 heteroatoms. The zero-order chi connectivity index (χ0) is 13.9. The largest absolute Gasteiger partial charge is 0.493 e. The Morgan fingerprint density at radius 1 is 1.37 bits per heavy atom. The van der Waals surface area contributed by atoms with Crippen LogP contribution >= 0.6 is 15.9 Å². The summed E-state index contributed by atoms with van der Waals surface area (Å²) in [5, 5.41) is 3.14. The van der Waals surface area contributed by atoms with E-state index in [4.69, 9.17) is 4.74 Å². The fourth-order valence-electron chi connectivity index (χ4n) is 1.95. The van der Waals surface area contributed by atoms with E-state index in [0.29, 0.717) is 47.9 Å². The zero-order valence-corrected chi connectivity index (χ0v) is 13.1. The molecule has 0 bridgehead atoms. The molecule has 1 N–H and O–H groups in total. The molecule has 0 amide bonds. The summed E-state index contributed by atoms with van der Waals surface area (Å²) < 4.78 is 32.4. The molecule has 0 spiro atoms. The number of benzene rings is 1. The summed E-state index contributed by atoms with van der Waals surface area (Å²) in [6.45, 7) is 4.83.